The first-order chi connectivity index (χ1) is 9.35. The smallest absolute Gasteiger partial charge is 0.232 e. The highest BCUT2D eigenvalue weighted by atomic mass is 79.9. The van der Waals surface area contributed by atoms with Crippen molar-refractivity contribution in [2.24, 2.45) is 0 Å². The van der Waals surface area contributed by atoms with Crippen molar-refractivity contribution in [3.05, 3.63) is 27.2 Å². The van der Waals surface area contributed by atoms with E-state index in [1.54, 1.807) is 12.1 Å². The van der Waals surface area contributed by atoms with Crippen LogP contribution in [0.3, 0.4) is 0 Å². The van der Waals surface area contributed by atoms with E-state index in [0.717, 1.165) is 25.1 Å². The standard InChI is InChI=1S/C13H20BrClN2O2S/c1-3-16-6-4-5-7-20(18,19)17-13-9-12(15)10(2)8-11(13)14/h8-9,16-17H,3-7H2,1-2H3. The highest BCUT2D eigenvalue weighted by Crippen LogP contribution is 2.29. The Morgan fingerprint density at radius 1 is 1.30 bits per heavy atom. The Bertz CT molecular complexity index is 550. The fourth-order valence-corrected chi connectivity index (χ4v) is 3.70. The van der Waals surface area contributed by atoms with Crippen LogP contribution in [0.2, 0.25) is 5.02 Å². The Morgan fingerprint density at radius 2 is 2.00 bits per heavy atom. The van der Waals surface area contributed by atoms with Crippen molar-refractivity contribution in [2.45, 2.75) is 26.7 Å². The Balaban J connectivity index is 2.60. The minimum atomic E-state index is -3.34. The van der Waals surface area contributed by atoms with E-state index in [1.165, 1.54) is 0 Å². The summed E-state index contributed by atoms with van der Waals surface area (Å²) < 4.78 is 27.2. The number of anilines is 1. The van der Waals surface area contributed by atoms with Crippen LogP contribution in [0.1, 0.15) is 25.3 Å². The Labute approximate surface area is 134 Å². The molecular weight excluding hydrogens is 364 g/mol. The van der Waals surface area contributed by atoms with Crippen molar-refractivity contribution in [3.63, 3.8) is 0 Å². The first-order valence-electron chi connectivity index (χ1n) is 6.52. The van der Waals surface area contributed by atoms with Crippen LogP contribution in [0.25, 0.3) is 0 Å². The molecule has 0 aliphatic carbocycles. The normalized spacial score (nSPS) is 11.6. The molecule has 114 valence electrons. The molecule has 4 nitrogen and oxygen atoms in total. The molecule has 0 radical (unpaired) electrons. The Hall–Kier alpha value is -0.300. The van der Waals surface area contributed by atoms with Crippen molar-refractivity contribution < 1.29 is 8.42 Å². The molecule has 0 saturated heterocycles. The monoisotopic (exact) mass is 382 g/mol. The summed E-state index contributed by atoms with van der Waals surface area (Å²) in [4.78, 5) is 0. The number of aryl methyl sites for hydroxylation is 1. The molecule has 0 aliphatic heterocycles. The maximum atomic E-state index is 12.0. The quantitative estimate of drug-likeness (QED) is 0.675. The van der Waals surface area contributed by atoms with E-state index in [0.29, 0.717) is 21.6 Å². The van der Waals surface area contributed by atoms with E-state index >= 15 is 0 Å². The van der Waals surface area contributed by atoms with Crippen LogP contribution in [0.5, 0.6) is 0 Å². The Kier molecular flexibility index (Phi) is 7.29. The number of hydrogen-bond donors (Lipinski definition) is 2. The zero-order valence-corrected chi connectivity index (χ0v) is 14.8. The van der Waals surface area contributed by atoms with Gasteiger partial charge in [-0.1, -0.05) is 18.5 Å². The van der Waals surface area contributed by atoms with Crippen molar-refractivity contribution >= 4 is 43.2 Å². The third-order valence-electron chi connectivity index (χ3n) is 2.78. The molecule has 20 heavy (non-hydrogen) atoms. The molecule has 0 aromatic heterocycles. The van der Waals surface area contributed by atoms with Crippen LogP contribution in [0, 0.1) is 6.92 Å². The molecule has 0 unspecified atom stereocenters. The summed E-state index contributed by atoms with van der Waals surface area (Å²) in [6, 6.07) is 3.42. The second-order valence-corrected chi connectivity index (χ2v) is 7.67. The number of nitrogens with one attached hydrogen (secondary N) is 2. The lowest BCUT2D eigenvalue weighted by molar-refractivity contribution is 0.593. The molecule has 0 aliphatic rings. The molecule has 0 amide bonds. The molecule has 7 heteroatoms. The van der Waals surface area contributed by atoms with E-state index in [1.807, 2.05) is 13.8 Å². The van der Waals surface area contributed by atoms with E-state index in [2.05, 4.69) is 26.0 Å². The summed E-state index contributed by atoms with van der Waals surface area (Å²) in [5.41, 5.74) is 1.37. The van der Waals surface area contributed by atoms with Crippen LogP contribution < -0.4 is 10.0 Å². The lowest BCUT2D eigenvalue weighted by atomic mass is 10.2. The Morgan fingerprint density at radius 3 is 2.65 bits per heavy atom. The van der Waals surface area contributed by atoms with Crippen LogP contribution >= 0.6 is 27.5 Å². The first-order valence-corrected chi connectivity index (χ1v) is 9.35. The average molecular weight is 384 g/mol. The average Bonchev–Trinajstić information content (AvgIpc) is 2.35. The summed E-state index contributed by atoms with van der Waals surface area (Å²) in [5, 5.41) is 3.71. The van der Waals surface area contributed by atoms with Gasteiger partial charge in [-0.05, 0) is 66.5 Å². The third-order valence-corrected chi connectivity index (χ3v) is 5.20. The van der Waals surface area contributed by atoms with Gasteiger partial charge in [-0.15, -0.1) is 0 Å². The maximum absolute atomic E-state index is 12.0. The van der Waals surface area contributed by atoms with Gasteiger partial charge >= 0.3 is 0 Å². The molecule has 0 spiro atoms. The van der Waals surface area contributed by atoms with Gasteiger partial charge in [0.25, 0.3) is 0 Å². The lowest BCUT2D eigenvalue weighted by Gasteiger charge is -2.11. The molecule has 0 bridgehead atoms. The summed E-state index contributed by atoms with van der Waals surface area (Å²) in [7, 11) is -3.34. The lowest BCUT2D eigenvalue weighted by Crippen LogP contribution is -2.19. The van der Waals surface area contributed by atoms with E-state index in [4.69, 9.17) is 11.6 Å². The number of hydrogen-bond acceptors (Lipinski definition) is 3. The van der Waals surface area contributed by atoms with Crippen molar-refractivity contribution in [1.29, 1.82) is 0 Å². The summed E-state index contributed by atoms with van der Waals surface area (Å²) in [6.45, 7) is 5.63. The fourth-order valence-electron chi connectivity index (χ4n) is 1.66. The zero-order chi connectivity index (χ0) is 15.2. The number of halogens is 2. The van der Waals surface area contributed by atoms with Gasteiger partial charge in [0.2, 0.25) is 10.0 Å². The second-order valence-electron chi connectivity index (χ2n) is 4.56. The van der Waals surface area contributed by atoms with Crippen molar-refractivity contribution in [1.82, 2.24) is 5.32 Å². The third kappa shape index (κ3) is 5.99. The van der Waals surface area contributed by atoms with Gasteiger partial charge in [0.05, 0.1) is 11.4 Å². The van der Waals surface area contributed by atoms with Gasteiger partial charge in [-0.2, -0.15) is 0 Å². The molecular formula is C13H20BrClN2O2S. The summed E-state index contributed by atoms with van der Waals surface area (Å²) in [6.07, 6.45) is 1.46. The van der Waals surface area contributed by atoms with Crippen LogP contribution in [-0.2, 0) is 10.0 Å². The van der Waals surface area contributed by atoms with Gasteiger partial charge in [-0.3, -0.25) is 4.72 Å². The van der Waals surface area contributed by atoms with Crippen molar-refractivity contribution in [3.8, 4) is 0 Å². The number of sulfonamides is 1. The van der Waals surface area contributed by atoms with Crippen LogP contribution in [0.4, 0.5) is 5.69 Å². The topological polar surface area (TPSA) is 58.2 Å². The molecule has 2 N–H and O–H groups in total. The van der Waals surface area contributed by atoms with Crippen molar-refractivity contribution in [2.75, 3.05) is 23.6 Å². The maximum Gasteiger partial charge on any atom is 0.232 e. The summed E-state index contributed by atoms with van der Waals surface area (Å²) in [5.74, 6) is 0.107. The molecule has 0 fully saturated rings. The predicted molar refractivity (Wildman–Crippen MR) is 89.1 cm³/mol. The molecule has 0 heterocycles. The SMILES string of the molecule is CCNCCCCS(=O)(=O)Nc1cc(Cl)c(C)cc1Br. The largest absolute Gasteiger partial charge is 0.317 e. The fraction of sp³-hybridized carbons (Fsp3) is 0.538. The number of rotatable bonds is 8. The first kappa shape index (κ1) is 17.8. The van der Waals surface area contributed by atoms with Gasteiger partial charge in [0.15, 0.2) is 0 Å². The van der Waals surface area contributed by atoms with E-state index in [9.17, 15) is 8.42 Å². The second kappa shape index (κ2) is 8.22. The molecule has 0 atom stereocenters. The molecule has 1 rings (SSSR count). The van der Waals surface area contributed by atoms with E-state index < -0.39 is 10.0 Å². The number of unbranched alkanes of at least 4 members (excludes halogenated alkanes) is 1. The van der Waals surface area contributed by atoms with Crippen LogP contribution in [-0.4, -0.2) is 27.3 Å². The molecule has 1 aromatic rings. The highest BCUT2D eigenvalue weighted by Gasteiger charge is 2.13. The summed E-state index contributed by atoms with van der Waals surface area (Å²) >= 11 is 9.35. The molecule has 0 saturated carbocycles. The zero-order valence-electron chi connectivity index (χ0n) is 11.7. The van der Waals surface area contributed by atoms with Crippen LogP contribution in [0.15, 0.2) is 16.6 Å². The van der Waals surface area contributed by atoms with E-state index in [-0.39, 0.29) is 5.75 Å². The minimum absolute atomic E-state index is 0.107. The predicted octanol–water partition coefficient (Wildman–Crippen LogP) is 3.54. The number of benzene rings is 1. The van der Waals surface area contributed by atoms with Gasteiger partial charge in [0.1, 0.15) is 0 Å². The molecule has 1 aromatic carbocycles. The van der Waals surface area contributed by atoms with Gasteiger partial charge < -0.3 is 5.32 Å². The van der Waals surface area contributed by atoms with Gasteiger partial charge in [-0.25, -0.2) is 8.42 Å². The minimum Gasteiger partial charge on any atom is -0.317 e. The highest BCUT2D eigenvalue weighted by molar-refractivity contribution is 9.10. The van der Waals surface area contributed by atoms with Gasteiger partial charge in [0, 0.05) is 9.50 Å².